The molecule has 3 nitrogen and oxygen atoms in total. The summed E-state index contributed by atoms with van der Waals surface area (Å²) in [7, 11) is 0. The number of aryl methyl sites for hydroxylation is 1. The molecule has 0 N–H and O–H groups in total. The van der Waals surface area contributed by atoms with Gasteiger partial charge in [0.1, 0.15) is 0 Å². The van der Waals surface area contributed by atoms with E-state index in [1.807, 2.05) is 44.2 Å². The monoisotopic (exact) mass is 284 g/mol. The van der Waals surface area contributed by atoms with E-state index in [1.54, 1.807) is 4.68 Å². The van der Waals surface area contributed by atoms with Gasteiger partial charge in [0.15, 0.2) is 0 Å². The Morgan fingerprint density at radius 1 is 1.10 bits per heavy atom. The molecule has 112 valence electrons. The van der Waals surface area contributed by atoms with Crippen LogP contribution in [0, 0.1) is 13.8 Å². The van der Waals surface area contributed by atoms with Gasteiger partial charge in [0.25, 0.3) is 5.91 Å². The highest BCUT2D eigenvalue weighted by atomic mass is 16.2. The minimum absolute atomic E-state index is 0.0454. The van der Waals surface area contributed by atoms with E-state index in [4.69, 9.17) is 0 Å². The predicted octanol–water partition coefficient (Wildman–Crippen LogP) is 4.31. The van der Waals surface area contributed by atoms with Gasteiger partial charge in [0, 0.05) is 11.3 Å². The van der Waals surface area contributed by atoms with Crippen molar-refractivity contribution < 1.29 is 4.79 Å². The first kappa shape index (κ1) is 15.5. The zero-order valence-electron chi connectivity index (χ0n) is 13.2. The Hall–Kier alpha value is -1.90. The maximum Gasteiger partial charge on any atom is 0.278 e. The molecule has 0 saturated carbocycles. The summed E-state index contributed by atoms with van der Waals surface area (Å²) in [6, 6.07) is 9.34. The number of aromatic nitrogens is 2. The highest BCUT2D eigenvalue weighted by Gasteiger charge is 2.17. The largest absolute Gasteiger partial charge is 0.278 e. The summed E-state index contributed by atoms with van der Waals surface area (Å²) in [6.45, 7) is 6.21. The van der Waals surface area contributed by atoms with Crippen LogP contribution in [0.5, 0.6) is 0 Å². The van der Waals surface area contributed by atoms with Crippen LogP contribution in [-0.4, -0.2) is 15.7 Å². The van der Waals surface area contributed by atoms with Gasteiger partial charge in [0.2, 0.25) is 0 Å². The van der Waals surface area contributed by atoms with E-state index < -0.39 is 0 Å². The fourth-order valence-corrected chi connectivity index (χ4v) is 2.67. The van der Waals surface area contributed by atoms with Crippen LogP contribution in [0.3, 0.4) is 0 Å². The average Bonchev–Trinajstić information content (AvgIpc) is 2.79. The standard InChI is InChI=1S/C18H24N2O/c1-4-5-6-10-13-17-14(2)19-20(15(17)3)18(21)16-11-8-7-9-12-16/h7-9,11-12H,4-6,10,13H2,1-3H3. The maximum absolute atomic E-state index is 12.5. The van der Waals surface area contributed by atoms with Crippen molar-refractivity contribution in [2.75, 3.05) is 0 Å². The normalized spacial score (nSPS) is 10.8. The van der Waals surface area contributed by atoms with Crippen LogP contribution in [0.2, 0.25) is 0 Å². The Labute approximate surface area is 127 Å². The molecule has 0 aliphatic carbocycles. The Kier molecular flexibility index (Phi) is 5.32. The van der Waals surface area contributed by atoms with Crippen LogP contribution in [0.25, 0.3) is 0 Å². The third-order valence-electron chi connectivity index (χ3n) is 3.93. The maximum atomic E-state index is 12.5. The van der Waals surface area contributed by atoms with Crippen molar-refractivity contribution in [1.82, 2.24) is 9.78 Å². The first-order chi connectivity index (χ1) is 10.1. The van der Waals surface area contributed by atoms with Gasteiger partial charge in [0.05, 0.1) is 5.69 Å². The second kappa shape index (κ2) is 7.21. The molecule has 0 amide bonds. The lowest BCUT2D eigenvalue weighted by atomic mass is 10.0. The van der Waals surface area contributed by atoms with Crippen molar-refractivity contribution in [2.24, 2.45) is 0 Å². The highest BCUT2D eigenvalue weighted by molar-refractivity contribution is 5.95. The zero-order valence-corrected chi connectivity index (χ0v) is 13.2. The number of nitrogens with zero attached hydrogens (tertiary/aromatic N) is 2. The molecule has 0 aliphatic heterocycles. The van der Waals surface area contributed by atoms with Crippen LogP contribution in [0.1, 0.15) is 59.9 Å². The first-order valence-electron chi connectivity index (χ1n) is 7.80. The van der Waals surface area contributed by atoms with E-state index in [0.29, 0.717) is 5.56 Å². The van der Waals surface area contributed by atoms with Gasteiger partial charge in [-0.25, -0.2) is 4.68 Å². The Balaban J connectivity index is 2.17. The highest BCUT2D eigenvalue weighted by Crippen LogP contribution is 2.18. The van der Waals surface area contributed by atoms with Crippen molar-refractivity contribution in [3.63, 3.8) is 0 Å². The van der Waals surface area contributed by atoms with Gasteiger partial charge in [-0.3, -0.25) is 4.79 Å². The van der Waals surface area contributed by atoms with E-state index in [9.17, 15) is 4.79 Å². The van der Waals surface area contributed by atoms with Gasteiger partial charge in [-0.2, -0.15) is 5.10 Å². The van der Waals surface area contributed by atoms with Crippen molar-refractivity contribution in [3.05, 3.63) is 52.8 Å². The molecule has 0 fully saturated rings. The second-order valence-electron chi connectivity index (χ2n) is 5.54. The van der Waals surface area contributed by atoms with E-state index in [1.165, 1.54) is 31.2 Å². The SMILES string of the molecule is CCCCCCc1c(C)nn(C(=O)c2ccccc2)c1C. The average molecular weight is 284 g/mol. The van der Waals surface area contributed by atoms with E-state index in [2.05, 4.69) is 12.0 Å². The number of rotatable bonds is 6. The van der Waals surface area contributed by atoms with Crippen LogP contribution >= 0.6 is 0 Å². The smallest absolute Gasteiger partial charge is 0.267 e. The molecule has 2 aromatic rings. The number of carbonyl (C=O) groups excluding carboxylic acids is 1. The summed E-state index contributed by atoms with van der Waals surface area (Å²) in [5.74, 6) is -0.0454. The topological polar surface area (TPSA) is 34.9 Å². The molecule has 2 rings (SSSR count). The molecule has 21 heavy (non-hydrogen) atoms. The van der Waals surface area contributed by atoms with Gasteiger partial charge < -0.3 is 0 Å². The lowest BCUT2D eigenvalue weighted by molar-refractivity contribution is 0.0942. The van der Waals surface area contributed by atoms with Crippen LogP contribution in [0.15, 0.2) is 30.3 Å². The number of unbranched alkanes of at least 4 members (excludes halogenated alkanes) is 3. The molecule has 0 atom stereocenters. The Morgan fingerprint density at radius 2 is 1.81 bits per heavy atom. The van der Waals surface area contributed by atoms with Crippen LogP contribution in [-0.2, 0) is 6.42 Å². The van der Waals surface area contributed by atoms with E-state index >= 15 is 0 Å². The molecule has 3 heteroatoms. The fraction of sp³-hybridized carbons (Fsp3) is 0.444. The van der Waals surface area contributed by atoms with E-state index in [-0.39, 0.29) is 5.91 Å². The van der Waals surface area contributed by atoms with Crippen molar-refractivity contribution in [1.29, 1.82) is 0 Å². The number of hydrogen-bond donors (Lipinski definition) is 0. The summed E-state index contributed by atoms with van der Waals surface area (Å²) in [5, 5.41) is 4.45. The second-order valence-corrected chi connectivity index (χ2v) is 5.54. The summed E-state index contributed by atoms with van der Waals surface area (Å²) >= 11 is 0. The molecule has 1 heterocycles. The minimum Gasteiger partial charge on any atom is -0.267 e. The Morgan fingerprint density at radius 3 is 2.48 bits per heavy atom. The molecule has 0 spiro atoms. The van der Waals surface area contributed by atoms with Crippen molar-refractivity contribution in [3.8, 4) is 0 Å². The molecule has 0 radical (unpaired) electrons. The molecule has 0 unspecified atom stereocenters. The summed E-state index contributed by atoms with van der Waals surface area (Å²) in [4.78, 5) is 12.5. The predicted molar refractivity (Wildman–Crippen MR) is 85.7 cm³/mol. The molecule has 1 aromatic carbocycles. The minimum atomic E-state index is -0.0454. The molecule has 1 aromatic heterocycles. The number of benzene rings is 1. The van der Waals surface area contributed by atoms with Gasteiger partial charge in [-0.05, 0) is 44.4 Å². The van der Waals surface area contributed by atoms with Crippen molar-refractivity contribution in [2.45, 2.75) is 52.9 Å². The van der Waals surface area contributed by atoms with Crippen molar-refractivity contribution >= 4 is 5.91 Å². The lowest BCUT2D eigenvalue weighted by Gasteiger charge is -2.04. The van der Waals surface area contributed by atoms with Gasteiger partial charge in [-0.1, -0.05) is 44.4 Å². The fourth-order valence-electron chi connectivity index (χ4n) is 2.67. The van der Waals surface area contributed by atoms with Gasteiger partial charge in [-0.15, -0.1) is 0 Å². The number of carbonyl (C=O) groups is 1. The molecule has 0 bridgehead atoms. The molecule has 0 saturated heterocycles. The van der Waals surface area contributed by atoms with Crippen LogP contribution in [0.4, 0.5) is 0 Å². The van der Waals surface area contributed by atoms with E-state index in [0.717, 1.165) is 17.8 Å². The summed E-state index contributed by atoms with van der Waals surface area (Å²) < 4.78 is 1.56. The molecular weight excluding hydrogens is 260 g/mol. The zero-order chi connectivity index (χ0) is 15.2. The lowest BCUT2D eigenvalue weighted by Crippen LogP contribution is -2.15. The summed E-state index contributed by atoms with van der Waals surface area (Å²) in [5.41, 5.74) is 3.88. The third-order valence-corrected chi connectivity index (χ3v) is 3.93. The Bertz CT molecular complexity index is 599. The van der Waals surface area contributed by atoms with Crippen LogP contribution < -0.4 is 0 Å². The first-order valence-corrected chi connectivity index (χ1v) is 7.80. The number of hydrogen-bond acceptors (Lipinski definition) is 2. The quantitative estimate of drug-likeness (QED) is 0.741. The third kappa shape index (κ3) is 3.60. The summed E-state index contributed by atoms with van der Waals surface area (Å²) in [6.07, 6.45) is 5.94. The molecule has 0 aliphatic rings. The van der Waals surface area contributed by atoms with Gasteiger partial charge >= 0.3 is 0 Å². The molecular formula is C18H24N2O.